The van der Waals surface area contributed by atoms with Gasteiger partial charge in [0.2, 0.25) is 0 Å². The van der Waals surface area contributed by atoms with E-state index in [1.165, 1.54) is 44.9 Å². The van der Waals surface area contributed by atoms with Gasteiger partial charge in [0.05, 0.1) is 22.7 Å². The van der Waals surface area contributed by atoms with Crippen molar-refractivity contribution in [3.05, 3.63) is 248 Å². The Morgan fingerprint density at radius 1 is 0.356 bits per heavy atom. The van der Waals surface area contributed by atoms with Gasteiger partial charge in [-0.15, -0.1) is 0 Å². The average Bonchev–Trinajstić information content (AvgIpc) is 3.76. The van der Waals surface area contributed by atoms with E-state index in [9.17, 15) is 0 Å². The summed E-state index contributed by atoms with van der Waals surface area (Å²) in [6, 6.07) is 84.6. The van der Waals surface area contributed by atoms with E-state index in [-0.39, 0.29) is 10.8 Å². The molecule has 0 N–H and O–H groups in total. The maximum atomic E-state index is 5.10. The van der Waals surface area contributed by atoms with Gasteiger partial charge in [-0.1, -0.05) is 187 Å². The van der Waals surface area contributed by atoms with E-state index in [0.717, 1.165) is 67.8 Å². The lowest BCUT2D eigenvalue weighted by Crippen LogP contribution is -2.24. The topological polar surface area (TPSA) is 25.9 Å². The summed E-state index contributed by atoms with van der Waals surface area (Å²) in [6.07, 6.45) is 1.90. The van der Waals surface area contributed by atoms with Crippen molar-refractivity contribution in [3.63, 3.8) is 0 Å². The summed E-state index contributed by atoms with van der Waals surface area (Å²) in [5.41, 5.74) is 21.9. The molecule has 356 valence electrons. The van der Waals surface area contributed by atoms with E-state index >= 15 is 0 Å². The third-order valence-corrected chi connectivity index (χ3v) is 14.6. The van der Waals surface area contributed by atoms with Gasteiger partial charge in [0, 0.05) is 45.8 Å². The lowest BCUT2D eigenvalue weighted by molar-refractivity contribution is 0.590. The van der Waals surface area contributed by atoms with Crippen LogP contribution in [0.3, 0.4) is 0 Å². The normalized spacial score (nSPS) is 12.9. The lowest BCUT2D eigenvalue weighted by atomic mass is 9.86. The molecule has 10 aromatic rings. The fourth-order valence-corrected chi connectivity index (χ4v) is 10.7. The van der Waals surface area contributed by atoms with E-state index < -0.39 is 0 Å². The second-order valence-electron chi connectivity index (χ2n) is 21.4. The van der Waals surface area contributed by atoms with Gasteiger partial charge in [0.15, 0.2) is 0 Å². The Bertz CT molecular complexity index is 3630. The van der Waals surface area contributed by atoms with Crippen molar-refractivity contribution in [2.75, 3.05) is 26.3 Å². The van der Waals surface area contributed by atoms with Crippen LogP contribution < -0.4 is 19.6 Å². The van der Waals surface area contributed by atoms with E-state index in [1.54, 1.807) is 0 Å². The number of rotatable bonds is 8. The van der Waals surface area contributed by atoms with Crippen LogP contribution in [0.15, 0.2) is 237 Å². The van der Waals surface area contributed by atoms with Crippen molar-refractivity contribution in [1.29, 1.82) is 0 Å². The Balaban J connectivity index is 1.05. The van der Waals surface area contributed by atoms with Crippen molar-refractivity contribution in [3.8, 4) is 44.5 Å². The summed E-state index contributed by atoms with van der Waals surface area (Å²) >= 11 is 0. The first-order valence-corrected chi connectivity index (χ1v) is 25.5. The van der Waals surface area contributed by atoms with E-state index in [2.05, 4.69) is 286 Å². The van der Waals surface area contributed by atoms with Gasteiger partial charge in [-0.2, -0.15) is 0 Å². The molecule has 0 aliphatic carbocycles. The molecule has 0 bridgehead atoms. The van der Waals surface area contributed by atoms with Crippen LogP contribution in [-0.4, -0.2) is 11.7 Å². The van der Waals surface area contributed by atoms with Crippen LogP contribution in [0.25, 0.3) is 44.5 Å². The van der Waals surface area contributed by atoms with E-state index in [4.69, 9.17) is 4.98 Å². The van der Waals surface area contributed by atoms with Crippen LogP contribution in [-0.2, 0) is 10.8 Å². The number of anilines is 10. The zero-order valence-corrected chi connectivity index (χ0v) is 42.5. The van der Waals surface area contributed by atoms with Crippen molar-refractivity contribution >= 4 is 57.0 Å². The molecule has 0 spiro atoms. The van der Waals surface area contributed by atoms with Gasteiger partial charge < -0.3 is 14.7 Å². The number of hydrogen-bond acceptors (Lipinski definition) is 5. The Kier molecular flexibility index (Phi) is 11.3. The summed E-state index contributed by atoms with van der Waals surface area (Å²) in [7, 11) is 0. The molecular formula is C68H59N5. The largest absolute Gasteiger partial charge is 0.321 e. The lowest BCUT2D eigenvalue weighted by Gasteiger charge is -2.31. The van der Waals surface area contributed by atoms with Crippen LogP contribution in [0.2, 0.25) is 0 Å². The molecule has 12 rings (SSSR count). The standard InChI is InChI=1S/C68H59N5/c1-67(2,3)51-34-31-48(32-35-51)49-33-37-60-58-26-13-14-27-59(58)61-38-36-55(45-65(61)73(64(60)42-49)66-30-17-18-39-69-66)72(53-23-11-8-12-24-53)57-41-50(47-20-9-7-10-21-47)40-56(44-57)71-46-70(62-28-15-16-29-63(62)71)54-25-19-22-52(43-54)68(4,5)6/h7-45H,46H2,1-6H3. The van der Waals surface area contributed by atoms with Gasteiger partial charge in [0.25, 0.3) is 0 Å². The van der Waals surface area contributed by atoms with Gasteiger partial charge in [0.1, 0.15) is 12.5 Å². The summed E-state index contributed by atoms with van der Waals surface area (Å²) in [6.45, 7) is 14.3. The van der Waals surface area contributed by atoms with Gasteiger partial charge >= 0.3 is 0 Å². The van der Waals surface area contributed by atoms with Gasteiger partial charge in [-0.3, -0.25) is 4.90 Å². The molecule has 9 aromatic carbocycles. The third-order valence-electron chi connectivity index (χ3n) is 14.6. The second kappa shape index (κ2) is 18.2. The molecule has 0 atom stereocenters. The van der Waals surface area contributed by atoms with E-state index in [0.29, 0.717) is 6.67 Å². The SMILES string of the molecule is CC(C)(C)c1ccc(-c2ccc3c(c2)N(c2ccccn2)c2cc(N(c4ccccc4)c4cc(-c5ccccc5)cc(N5CN(c6cccc(C(C)(C)C)c6)c6ccccc65)c4)ccc2-c2ccccc2-3)cc1. The zero-order chi connectivity index (χ0) is 49.8. The third kappa shape index (κ3) is 8.51. The molecule has 0 unspecified atom stereocenters. The van der Waals surface area contributed by atoms with E-state index in [1.807, 2.05) is 12.3 Å². The summed E-state index contributed by atoms with van der Waals surface area (Å²) in [5.74, 6) is 0.847. The number of hydrogen-bond donors (Lipinski definition) is 0. The summed E-state index contributed by atoms with van der Waals surface area (Å²) in [4.78, 5) is 14.8. The number of benzene rings is 9. The average molecular weight is 946 g/mol. The minimum absolute atomic E-state index is 0.0217. The second-order valence-corrected chi connectivity index (χ2v) is 21.4. The smallest absolute Gasteiger partial charge is 0.137 e. The highest BCUT2D eigenvalue weighted by Crippen LogP contribution is 2.54. The fraction of sp³-hybridized carbons (Fsp3) is 0.132. The minimum Gasteiger partial charge on any atom is -0.321 e. The summed E-state index contributed by atoms with van der Waals surface area (Å²) < 4.78 is 0. The maximum absolute atomic E-state index is 5.10. The molecule has 5 heteroatoms. The van der Waals surface area contributed by atoms with Crippen LogP contribution in [0, 0.1) is 0 Å². The molecular weight excluding hydrogens is 887 g/mol. The maximum Gasteiger partial charge on any atom is 0.137 e. The monoisotopic (exact) mass is 945 g/mol. The fourth-order valence-electron chi connectivity index (χ4n) is 10.7. The molecule has 2 aliphatic heterocycles. The quantitative estimate of drug-likeness (QED) is 0.151. The number of nitrogens with zero attached hydrogens (tertiary/aromatic N) is 5. The Hall–Kier alpha value is -8.67. The highest BCUT2D eigenvalue weighted by Gasteiger charge is 2.32. The molecule has 73 heavy (non-hydrogen) atoms. The first kappa shape index (κ1) is 45.5. The minimum atomic E-state index is 0.0217. The van der Waals surface area contributed by atoms with Crippen LogP contribution in [0.1, 0.15) is 52.7 Å². The van der Waals surface area contributed by atoms with Crippen molar-refractivity contribution in [1.82, 2.24) is 4.98 Å². The van der Waals surface area contributed by atoms with Gasteiger partial charge in [-0.05, 0) is 140 Å². The first-order chi connectivity index (χ1) is 35.5. The zero-order valence-electron chi connectivity index (χ0n) is 42.5. The van der Waals surface area contributed by atoms with Crippen molar-refractivity contribution < 1.29 is 0 Å². The molecule has 3 heterocycles. The molecule has 1 aromatic heterocycles. The first-order valence-electron chi connectivity index (χ1n) is 25.5. The highest BCUT2D eigenvalue weighted by atomic mass is 15.4. The molecule has 0 amide bonds. The Labute approximate surface area is 430 Å². The van der Waals surface area contributed by atoms with Gasteiger partial charge in [-0.25, -0.2) is 4.98 Å². The Morgan fingerprint density at radius 3 is 1.62 bits per heavy atom. The number of para-hydroxylation sites is 3. The number of aromatic nitrogens is 1. The highest BCUT2D eigenvalue weighted by molar-refractivity contribution is 6.04. The van der Waals surface area contributed by atoms with Crippen molar-refractivity contribution in [2.45, 2.75) is 52.4 Å². The molecule has 5 nitrogen and oxygen atoms in total. The predicted octanol–water partition coefficient (Wildman–Crippen LogP) is 18.8. The molecule has 0 fully saturated rings. The molecule has 0 radical (unpaired) electrons. The summed E-state index contributed by atoms with van der Waals surface area (Å²) in [5, 5.41) is 0. The number of fused-ring (bicyclic) bond motifs is 6. The Morgan fingerprint density at radius 2 is 0.945 bits per heavy atom. The van der Waals surface area contributed by atoms with Crippen LogP contribution in [0.5, 0.6) is 0 Å². The predicted molar refractivity (Wildman–Crippen MR) is 308 cm³/mol. The van der Waals surface area contributed by atoms with Crippen molar-refractivity contribution in [2.24, 2.45) is 0 Å². The molecule has 2 aliphatic rings. The van der Waals surface area contributed by atoms with Crippen LogP contribution >= 0.6 is 0 Å². The number of pyridine rings is 1. The molecule has 0 saturated heterocycles. The molecule has 0 saturated carbocycles. The van der Waals surface area contributed by atoms with Crippen LogP contribution in [0.4, 0.5) is 57.0 Å².